The van der Waals surface area contributed by atoms with Crippen LogP contribution in [-0.4, -0.2) is 14.5 Å². The highest BCUT2D eigenvalue weighted by atomic mass is 15.2. The number of nitrogens with zero attached hydrogens (tertiary/aromatic N) is 3. The van der Waals surface area contributed by atoms with E-state index in [0.29, 0.717) is 11.9 Å². The quantitative estimate of drug-likeness (QED) is 0.809. The van der Waals surface area contributed by atoms with Crippen molar-refractivity contribution in [3.8, 4) is 0 Å². The molecule has 4 nitrogen and oxygen atoms in total. The third-order valence-electron chi connectivity index (χ3n) is 2.86. The highest BCUT2D eigenvalue weighted by Gasteiger charge is 2.28. The molecule has 0 unspecified atom stereocenters. The number of rotatable bonds is 2. The summed E-state index contributed by atoms with van der Waals surface area (Å²) in [7, 11) is 0. The molecule has 2 N–H and O–H groups in total. The Morgan fingerprint density at radius 2 is 2.20 bits per heavy atom. The average molecular weight is 202 g/mol. The molecule has 15 heavy (non-hydrogen) atoms. The Labute approximate surface area is 88.1 Å². The molecule has 2 heterocycles. The van der Waals surface area contributed by atoms with Gasteiger partial charge < -0.3 is 10.3 Å². The van der Waals surface area contributed by atoms with Crippen molar-refractivity contribution in [2.45, 2.75) is 32.2 Å². The second-order valence-corrected chi connectivity index (χ2v) is 4.06. The predicted molar refractivity (Wildman–Crippen MR) is 59.6 cm³/mol. The molecule has 2 aromatic rings. The van der Waals surface area contributed by atoms with Gasteiger partial charge in [0.25, 0.3) is 0 Å². The maximum Gasteiger partial charge on any atom is 0.162 e. The van der Waals surface area contributed by atoms with Crippen molar-refractivity contribution in [3.05, 3.63) is 18.0 Å². The first kappa shape index (κ1) is 8.71. The van der Waals surface area contributed by atoms with Crippen molar-refractivity contribution in [3.63, 3.8) is 0 Å². The lowest BCUT2D eigenvalue weighted by Gasteiger charge is -2.04. The number of hydrogen-bond donors (Lipinski definition) is 1. The smallest absolute Gasteiger partial charge is 0.162 e. The van der Waals surface area contributed by atoms with Crippen molar-refractivity contribution < 1.29 is 0 Å². The van der Waals surface area contributed by atoms with Crippen LogP contribution >= 0.6 is 0 Å². The zero-order chi connectivity index (χ0) is 10.4. The lowest BCUT2D eigenvalue weighted by atomic mass is 10.4. The van der Waals surface area contributed by atoms with E-state index in [0.717, 1.165) is 23.4 Å². The van der Waals surface area contributed by atoms with E-state index >= 15 is 0 Å². The van der Waals surface area contributed by atoms with Crippen molar-refractivity contribution in [1.82, 2.24) is 14.5 Å². The van der Waals surface area contributed by atoms with Crippen molar-refractivity contribution in [2.24, 2.45) is 0 Å². The highest BCUT2D eigenvalue weighted by Crippen LogP contribution is 2.38. The minimum Gasteiger partial charge on any atom is -0.384 e. The Kier molecular flexibility index (Phi) is 1.71. The number of imidazole rings is 1. The molecule has 4 heteroatoms. The fourth-order valence-electron chi connectivity index (χ4n) is 2.00. The van der Waals surface area contributed by atoms with Crippen LogP contribution in [0.1, 0.15) is 31.6 Å². The standard InChI is InChI=1S/C11H14N4/c1-2-10-13-8-5-6-9(12)14-11(8)15(10)7-3-4-7/h5-7H,2-4H2,1H3,(H2,12,14). The van der Waals surface area contributed by atoms with Gasteiger partial charge in [-0.05, 0) is 25.0 Å². The van der Waals surface area contributed by atoms with Gasteiger partial charge in [0, 0.05) is 12.5 Å². The third-order valence-corrected chi connectivity index (χ3v) is 2.86. The molecule has 1 saturated carbocycles. The second-order valence-electron chi connectivity index (χ2n) is 4.06. The number of hydrogen-bond acceptors (Lipinski definition) is 3. The molecule has 0 aromatic carbocycles. The van der Waals surface area contributed by atoms with Crippen molar-refractivity contribution in [2.75, 3.05) is 5.73 Å². The van der Waals surface area contributed by atoms with Gasteiger partial charge in [-0.3, -0.25) is 0 Å². The number of aryl methyl sites for hydroxylation is 1. The summed E-state index contributed by atoms with van der Waals surface area (Å²) >= 11 is 0. The molecule has 1 aliphatic carbocycles. The van der Waals surface area contributed by atoms with Gasteiger partial charge in [-0.15, -0.1) is 0 Å². The van der Waals surface area contributed by atoms with E-state index < -0.39 is 0 Å². The van der Waals surface area contributed by atoms with Gasteiger partial charge in [0.15, 0.2) is 5.65 Å². The first-order valence-electron chi connectivity index (χ1n) is 5.43. The Balaban J connectivity index is 2.30. The van der Waals surface area contributed by atoms with Crippen molar-refractivity contribution >= 4 is 17.0 Å². The summed E-state index contributed by atoms with van der Waals surface area (Å²) in [5, 5.41) is 0. The van der Waals surface area contributed by atoms with Gasteiger partial charge in [0.05, 0.1) is 0 Å². The van der Waals surface area contributed by atoms with E-state index in [1.54, 1.807) is 0 Å². The largest absolute Gasteiger partial charge is 0.384 e. The maximum atomic E-state index is 5.71. The lowest BCUT2D eigenvalue weighted by Crippen LogP contribution is -2.01. The van der Waals surface area contributed by atoms with Crippen LogP contribution in [0.5, 0.6) is 0 Å². The van der Waals surface area contributed by atoms with E-state index in [-0.39, 0.29) is 0 Å². The Hall–Kier alpha value is -1.58. The third kappa shape index (κ3) is 1.28. The molecule has 2 aromatic heterocycles. The van der Waals surface area contributed by atoms with Crippen molar-refractivity contribution in [1.29, 1.82) is 0 Å². The number of nitrogens with two attached hydrogens (primary N) is 1. The van der Waals surface area contributed by atoms with Crippen LogP contribution in [0.25, 0.3) is 11.2 Å². The van der Waals surface area contributed by atoms with Crippen LogP contribution < -0.4 is 5.73 Å². The zero-order valence-corrected chi connectivity index (χ0v) is 8.77. The van der Waals surface area contributed by atoms with Crippen LogP contribution in [0.3, 0.4) is 0 Å². The molecular formula is C11H14N4. The van der Waals surface area contributed by atoms with Crippen LogP contribution in [0.15, 0.2) is 12.1 Å². The van der Waals surface area contributed by atoms with E-state index in [2.05, 4.69) is 21.5 Å². The molecule has 3 rings (SSSR count). The summed E-state index contributed by atoms with van der Waals surface area (Å²) in [6.45, 7) is 2.13. The number of anilines is 1. The number of aromatic nitrogens is 3. The van der Waals surface area contributed by atoms with Gasteiger partial charge in [-0.1, -0.05) is 6.92 Å². The Morgan fingerprint density at radius 3 is 2.87 bits per heavy atom. The van der Waals surface area contributed by atoms with Crippen LogP contribution in [0, 0.1) is 0 Å². The van der Waals surface area contributed by atoms with Gasteiger partial charge in [0.1, 0.15) is 17.2 Å². The van der Waals surface area contributed by atoms with Crippen LogP contribution in [-0.2, 0) is 6.42 Å². The number of fused-ring (bicyclic) bond motifs is 1. The fraction of sp³-hybridized carbons (Fsp3) is 0.455. The predicted octanol–water partition coefficient (Wildman–Crippen LogP) is 1.91. The first-order valence-corrected chi connectivity index (χ1v) is 5.43. The minimum absolute atomic E-state index is 0.576. The molecule has 0 atom stereocenters. The molecule has 0 spiro atoms. The topological polar surface area (TPSA) is 56.7 Å². The van der Waals surface area contributed by atoms with Gasteiger partial charge in [-0.25, -0.2) is 9.97 Å². The summed E-state index contributed by atoms with van der Waals surface area (Å²) in [6, 6.07) is 4.38. The van der Waals surface area contributed by atoms with E-state index in [1.807, 2.05) is 12.1 Å². The molecule has 1 fully saturated rings. The van der Waals surface area contributed by atoms with E-state index in [1.165, 1.54) is 12.8 Å². The summed E-state index contributed by atoms with van der Waals surface area (Å²) < 4.78 is 2.26. The molecule has 78 valence electrons. The number of pyridine rings is 1. The summed E-state index contributed by atoms with van der Waals surface area (Å²) in [6.07, 6.45) is 3.44. The summed E-state index contributed by atoms with van der Waals surface area (Å²) in [4.78, 5) is 8.96. The van der Waals surface area contributed by atoms with E-state index in [9.17, 15) is 0 Å². The fourth-order valence-corrected chi connectivity index (χ4v) is 2.00. The minimum atomic E-state index is 0.576. The molecule has 1 aliphatic rings. The molecule has 0 radical (unpaired) electrons. The lowest BCUT2D eigenvalue weighted by molar-refractivity contribution is 0.702. The van der Waals surface area contributed by atoms with Gasteiger partial charge >= 0.3 is 0 Å². The first-order chi connectivity index (χ1) is 7.29. The Morgan fingerprint density at radius 1 is 1.40 bits per heavy atom. The maximum absolute atomic E-state index is 5.71. The molecule has 0 saturated heterocycles. The summed E-state index contributed by atoms with van der Waals surface area (Å²) in [5.41, 5.74) is 7.63. The molecular weight excluding hydrogens is 188 g/mol. The monoisotopic (exact) mass is 202 g/mol. The molecule has 0 aliphatic heterocycles. The normalized spacial score (nSPS) is 16.1. The Bertz CT molecular complexity index is 511. The second kappa shape index (κ2) is 2.95. The highest BCUT2D eigenvalue weighted by molar-refractivity contribution is 5.73. The molecule has 0 amide bonds. The summed E-state index contributed by atoms with van der Waals surface area (Å²) in [5.74, 6) is 1.71. The van der Waals surface area contributed by atoms with Gasteiger partial charge in [0.2, 0.25) is 0 Å². The average Bonchev–Trinajstić information content (AvgIpc) is 2.99. The zero-order valence-electron chi connectivity index (χ0n) is 8.77. The SMILES string of the molecule is CCc1nc2ccc(N)nc2n1C1CC1. The van der Waals surface area contributed by atoms with Gasteiger partial charge in [-0.2, -0.15) is 0 Å². The number of nitrogen functional groups attached to an aromatic ring is 1. The van der Waals surface area contributed by atoms with Crippen LogP contribution in [0.4, 0.5) is 5.82 Å². The molecule has 0 bridgehead atoms. The van der Waals surface area contributed by atoms with Crippen LogP contribution in [0.2, 0.25) is 0 Å². The van der Waals surface area contributed by atoms with E-state index in [4.69, 9.17) is 5.73 Å².